The summed E-state index contributed by atoms with van der Waals surface area (Å²) in [5.41, 5.74) is 1.03. The molecule has 20 heavy (non-hydrogen) atoms. The van der Waals surface area contributed by atoms with Crippen LogP contribution in [0.1, 0.15) is 37.0 Å². The topological polar surface area (TPSA) is 95.5 Å². The van der Waals surface area contributed by atoms with E-state index in [1.807, 2.05) is 0 Å². The van der Waals surface area contributed by atoms with Gasteiger partial charge in [0.2, 0.25) is 0 Å². The summed E-state index contributed by atoms with van der Waals surface area (Å²) in [6, 6.07) is 5.93. The predicted octanol–water partition coefficient (Wildman–Crippen LogP) is 2.26. The fourth-order valence-electron chi connectivity index (χ4n) is 1.62. The third kappa shape index (κ3) is 5.51. The maximum absolute atomic E-state index is 11.7. The number of rotatable bonds is 6. The van der Waals surface area contributed by atoms with Crippen molar-refractivity contribution in [2.45, 2.75) is 32.7 Å². The lowest BCUT2D eigenvalue weighted by Gasteiger charge is -2.14. The first-order chi connectivity index (χ1) is 9.38. The van der Waals surface area contributed by atoms with Crippen LogP contribution in [-0.4, -0.2) is 28.9 Å². The van der Waals surface area contributed by atoms with E-state index in [2.05, 4.69) is 10.6 Å². The van der Waals surface area contributed by atoms with Gasteiger partial charge in [0.25, 0.3) is 0 Å². The van der Waals surface area contributed by atoms with Crippen LogP contribution in [0.25, 0.3) is 0 Å². The normalized spacial score (nSPS) is 11.5. The molecule has 0 bridgehead atoms. The quantitative estimate of drug-likeness (QED) is 0.695. The number of anilines is 1. The molecular formula is C14H18N2O4. The average molecular weight is 278 g/mol. The van der Waals surface area contributed by atoms with Crippen LogP contribution < -0.4 is 10.6 Å². The molecule has 6 nitrogen and oxygen atoms in total. The number of carbonyl (C=O) groups excluding carboxylic acids is 2. The van der Waals surface area contributed by atoms with E-state index in [1.54, 1.807) is 31.2 Å². The van der Waals surface area contributed by atoms with Crippen LogP contribution in [0.4, 0.5) is 10.5 Å². The van der Waals surface area contributed by atoms with E-state index < -0.39 is 12.0 Å². The van der Waals surface area contributed by atoms with Crippen molar-refractivity contribution in [1.29, 1.82) is 0 Å². The SMILES string of the molecule is CC(=O)c1cccc(NC(=O)NC(C)CCC(=O)O)c1. The summed E-state index contributed by atoms with van der Waals surface area (Å²) in [7, 11) is 0. The van der Waals surface area contributed by atoms with Gasteiger partial charge in [-0.25, -0.2) is 4.79 Å². The Balaban J connectivity index is 2.51. The number of aliphatic carboxylic acids is 1. The highest BCUT2D eigenvalue weighted by atomic mass is 16.4. The first-order valence-electron chi connectivity index (χ1n) is 6.29. The second-order valence-corrected chi connectivity index (χ2v) is 4.57. The van der Waals surface area contributed by atoms with Crippen LogP contribution in [0, 0.1) is 0 Å². The van der Waals surface area contributed by atoms with Crippen molar-refractivity contribution < 1.29 is 19.5 Å². The average Bonchev–Trinajstić information content (AvgIpc) is 2.36. The van der Waals surface area contributed by atoms with Gasteiger partial charge in [0, 0.05) is 23.7 Å². The molecule has 6 heteroatoms. The second-order valence-electron chi connectivity index (χ2n) is 4.57. The number of nitrogens with one attached hydrogen (secondary N) is 2. The van der Waals surface area contributed by atoms with Gasteiger partial charge in [0.05, 0.1) is 0 Å². The molecule has 0 aliphatic rings. The Kier molecular flexibility index (Phi) is 5.71. The second kappa shape index (κ2) is 7.28. The first kappa shape index (κ1) is 15.7. The van der Waals surface area contributed by atoms with E-state index in [-0.39, 0.29) is 18.2 Å². The number of hydrogen-bond donors (Lipinski definition) is 3. The largest absolute Gasteiger partial charge is 0.481 e. The first-order valence-corrected chi connectivity index (χ1v) is 6.29. The van der Waals surface area contributed by atoms with Crippen LogP contribution in [0.2, 0.25) is 0 Å². The van der Waals surface area contributed by atoms with E-state index in [0.29, 0.717) is 17.7 Å². The van der Waals surface area contributed by atoms with Gasteiger partial charge in [-0.05, 0) is 32.4 Å². The number of urea groups is 1. The Morgan fingerprint density at radius 3 is 2.60 bits per heavy atom. The molecule has 0 aliphatic heterocycles. The fourth-order valence-corrected chi connectivity index (χ4v) is 1.62. The molecule has 0 fully saturated rings. The number of carbonyl (C=O) groups is 3. The van der Waals surface area contributed by atoms with Crippen molar-refractivity contribution in [2.75, 3.05) is 5.32 Å². The van der Waals surface area contributed by atoms with E-state index in [4.69, 9.17) is 5.11 Å². The molecule has 2 amide bonds. The lowest BCUT2D eigenvalue weighted by atomic mass is 10.1. The molecule has 3 N–H and O–H groups in total. The van der Waals surface area contributed by atoms with Crippen molar-refractivity contribution in [3.63, 3.8) is 0 Å². The van der Waals surface area contributed by atoms with Crippen LogP contribution >= 0.6 is 0 Å². The molecule has 0 saturated heterocycles. The molecule has 0 radical (unpaired) electrons. The van der Waals surface area contributed by atoms with E-state index >= 15 is 0 Å². The van der Waals surface area contributed by atoms with Crippen LogP contribution in [0.5, 0.6) is 0 Å². The molecule has 1 aromatic carbocycles. The maximum Gasteiger partial charge on any atom is 0.319 e. The molecule has 0 spiro atoms. The Hall–Kier alpha value is -2.37. The Labute approximate surface area is 117 Å². The number of hydrogen-bond acceptors (Lipinski definition) is 3. The Morgan fingerprint density at radius 2 is 2.00 bits per heavy atom. The predicted molar refractivity (Wildman–Crippen MR) is 74.9 cm³/mol. The lowest BCUT2D eigenvalue weighted by molar-refractivity contribution is -0.137. The van der Waals surface area contributed by atoms with E-state index in [1.165, 1.54) is 6.92 Å². The zero-order valence-electron chi connectivity index (χ0n) is 11.5. The molecule has 1 unspecified atom stereocenters. The lowest BCUT2D eigenvalue weighted by Crippen LogP contribution is -2.36. The highest BCUT2D eigenvalue weighted by Crippen LogP contribution is 2.11. The number of amides is 2. The molecule has 0 heterocycles. The minimum Gasteiger partial charge on any atom is -0.481 e. The summed E-state index contributed by atoms with van der Waals surface area (Å²) in [5.74, 6) is -0.975. The summed E-state index contributed by atoms with van der Waals surface area (Å²) in [4.78, 5) is 33.3. The van der Waals surface area contributed by atoms with Crippen LogP contribution in [0.15, 0.2) is 24.3 Å². The van der Waals surface area contributed by atoms with Crippen molar-refractivity contribution in [3.05, 3.63) is 29.8 Å². The van der Waals surface area contributed by atoms with E-state index in [9.17, 15) is 14.4 Å². The Bertz CT molecular complexity index is 514. The van der Waals surface area contributed by atoms with Crippen molar-refractivity contribution >= 4 is 23.5 Å². The van der Waals surface area contributed by atoms with Gasteiger partial charge < -0.3 is 15.7 Å². The third-order valence-corrected chi connectivity index (χ3v) is 2.70. The summed E-state index contributed by atoms with van der Waals surface area (Å²) in [6.45, 7) is 3.18. The zero-order chi connectivity index (χ0) is 15.1. The molecule has 1 aromatic rings. The van der Waals surface area contributed by atoms with Gasteiger partial charge >= 0.3 is 12.0 Å². The number of ketones is 1. The van der Waals surface area contributed by atoms with Gasteiger partial charge in [0.1, 0.15) is 0 Å². The van der Waals surface area contributed by atoms with Crippen molar-refractivity contribution in [1.82, 2.24) is 5.32 Å². The molecule has 0 aromatic heterocycles. The summed E-state index contributed by atoms with van der Waals surface area (Å²) < 4.78 is 0. The van der Waals surface area contributed by atoms with Gasteiger partial charge in [0.15, 0.2) is 5.78 Å². The van der Waals surface area contributed by atoms with Gasteiger partial charge in [-0.1, -0.05) is 12.1 Å². The highest BCUT2D eigenvalue weighted by molar-refractivity contribution is 5.96. The minimum absolute atomic E-state index is 0.00126. The maximum atomic E-state index is 11.7. The minimum atomic E-state index is -0.895. The molecule has 0 saturated carbocycles. The monoisotopic (exact) mass is 278 g/mol. The molecule has 1 rings (SSSR count). The molecular weight excluding hydrogens is 260 g/mol. The van der Waals surface area contributed by atoms with Gasteiger partial charge in [-0.2, -0.15) is 0 Å². The smallest absolute Gasteiger partial charge is 0.319 e. The van der Waals surface area contributed by atoms with Gasteiger partial charge in [-0.3, -0.25) is 9.59 Å². The summed E-state index contributed by atoms with van der Waals surface area (Å²) in [5, 5.41) is 13.8. The molecule has 108 valence electrons. The number of carboxylic acid groups (broad SMARTS) is 1. The Morgan fingerprint density at radius 1 is 1.30 bits per heavy atom. The van der Waals surface area contributed by atoms with Gasteiger partial charge in [-0.15, -0.1) is 0 Å². The number of benzene rings is 1. The fraction of sp³-hybridized carbons (Fsp3) is 0.357. The summed E-state index contributed by atoms with van der Waals surface area (Å²) >= 11 is 0. The van der Waals surface area contributed by atoms with Crippen LogP contribution in [-0.2, 0) is 4.79 Å². The van der Waals surface area contributed by atoms with Crippen molar-refractivity contribution in [2.24, 2.45) is 0 Å². The van der Waals surface area contributed by atoms with Crippen molar-refractivity contribution in [3.8, 4) is 0 Å². The number of Topliss-reactive ketones (excluding diaryl/α,β-unsaturated/α-hetero) is 1. The molecule has 1 atom stereocenters. The summed E-state index contributed by atoms with van der Waals surface area (Å²) in [6.07, 6.45) is 0.359. The standard InChI is InChI=1S/C14H18N2O4/c1-9(6-7-13(18)19)15-14(20)16-12-5-3-4-11(8-12)10(2)17/h3-5,8-9H,6-7H2,1-2H3,(H,18,19)(H2,15,16,20). The van der Waals surface area contributed by atoms with E-state index in [0.717, 1.165) is 0 Å². The number of carboxylic acids is 1. The molecule has 0 aliphatic carbocycles. The zero-order valence-corrected chi connectivity index (χ0v) is 11.5. The highest BCUT2D eigenvalue weighted by Gasteiger charge is 2.09. The third-order valence-electron chi connectivity index (χ3n) is 2.70. The van der Waals surface area contributed by atoms with Crippen LogP contribution in [0.3, 0.4) is 0 Å².